The summed E-state index contributed by atoms with van der Waals surface area (Å²) in [6.07, 6.45) is 4.26. The average molecular weight is 621 g/mol. The summed E-state index contributed by atoms with van der Waals surface area (Å²) in [6, 6.07) is 6.10. The number of aromatic nitrogens is 3. The number of ether oxygens (including phenoxy) is 4. The van der Waals surface area contributed by atoms with Crippen LogP contribution in [0.25, 0.3) is 5.65 Å². The number of carbonyl (C=O) groups excluding carboxylic acids is 2. The molecule has 0 aliphatic carbocycles. The Bertz CT molecular complexity index is 1160. The van der Waals surface area contributed by atoms with Gasteiger partial charge in [-0.2, -0.15) is 9.61 Å². The van der Waals surface area contributed by atoms with Crippen molar-refractivity contribution >= 4 is 39.6 Å². The molecule has 2 aromatic heterocycles. The van der Waals surface area contributed by atoms with Crippen molar-refractivity contribution < 1.29 is 28.5 Å². The second-order valence-electron chi connectivity index (χ2n) is 12.9. The fourth-order valence-electron chi connectivity index (χ4n) is 4.11. The normalized spacial score (nSPS) is 12.8. The average Bonchev–Trinajstić information content (AvgIpc) is 3.36. The lowest BCUT2D eigenvalue weighted by Gasteiger charge is -2.26. The molecule has 42 heavy (non-hydrogen) atoms. The molecule has 0 amide bonds. The number of fused-ring (bicyclic) bond motifs is 1. The molecule has 0 atom stereocenters. The summed E-state index contributed by atoms with van der Waals surface area (Å²) in [5, 5.41) is 4.53. The molecule has 0 fully saturated rings. The first kappa shape index (κ1) is 35.6. The number of aryl methyl sites for hydroxylation is 1. The lowest BCUT2D eigenvalue weighted by Crippen LogP contribution is -2.33. The van der Waals surface area contributed by atoms with E-state index in [4.69, 9.17) is 23.9 Å². The fourth-order valence-corrected chi connectivity index (χ4v) is 5.62. The van der Waals surface area contributed by atoms with Crippen molar-refractivity contribution in [2.75, 3.05) is 38.2 Å². The van der Waals surface area contributed by atoms with Crippen molar-refractivity contribution in [3.05, 3.63) is 35.4 Å². The Morgan fingerprint density at radius 3 is 2.12 bits per heavy atom. The minimum Gasteiger partial charge on any atom is -0.460 e. The van der Waals surface area contributed by atoms with Gasteiger partial charge in [0.25, 0.3) is 0 Å². The zero-order valence-corrected chi connectivity index (χ0v) is 29.2. The van der Waals surface area contributed by atoms with Gasteiger partial charge in [0.05, 0.1) is 12.8 Å². The Kier molecular flexibility index (Phi) is 14.4. The lowest BCUT2D eigenvalue weighted by atomic mass is 10.0. The highest BCUT2D eigenvalue weighted by molar-refractivity contribution is 6.76. The van der Waals surface area contributed by atoms with Gasteiger partial charge in [-0.15, -0.1) is 0 Å². The van der Waals surface area contributed by atoms with Crippen LogP contribution in [0.3, 0.4) is 0 Å². The van der Waals surface area contributed by atoms with Gasteiger partial charge in [0.1, 0.15) is 19.3 Å². The molecule has 2 heterocycles. The molecule has 0 radical (unpaired) electrons. The molecule has 0 spiro atoms. The maximum Gasteiger partial charge on any atom is 0.374 e. The highest BCUT2D eigenvalue weighted by Gasteiger charge is 2.21. The van der Waals surface area contributed by atoms with Crippen LogP contribution in [-0.2, 0) is 35.0 Å². The van der Waals surface area contributed by atoms with Gasteiger partial charge in [0.15, 0.2) is 5.65 Å². The van der Waals surface area contributed by atoms with Crippen molar-refractivity contribution in [2.45, 2.75) is 97.8 Å². The van der Waals surface area contributed by atoms with Crippen LogP contribution in [0.4, 0.5) is 5.82 Å². The van der Waals surface area contributed by atoms with E-state index in [2.05, 4.69) is 49.3 Å². The van der Waals surface area contributed by atoms with E-state index in [1.165, 1.54) is 6.92 Å². The van der Waals surface area contributed by atoms with Gasteiger partial charge >= 0.3 is 11.9 Å². The molecule has 0 N–H and O–H groups in total. The van der Waals surface area contributed by atoms with Crippen LogP contribution in [-0.4, -0.2) is 76.0 Å². The third-order valence-corrected chi connectivity index (χ3v) is 9.98. The summed E-state index contributed by atoms with van der Waals surface area (Å²) in [5.41, 5.74) is 2.39. The van der Waals surface area contributed by atoms with Crippen LogP contribution in [0.15, 0.2) is 29.7 Å². The number of carbonyl (C=O) groups is 2. The monoisotopic (exact) mass is 620 g/mol. The largest absolute Gasteiger partial charge is 0.460 e. The maximum absolute atomic E-state index is 12.5. The zero-order valence-electron chi connectivity index (χ0n) is 27.2. The quantitative estimate of drug-likeness (QED) is 0.0449. The second-order valence-corrected chi connectivity index (χ2v) is 24.1. The standard InChI is InChI=1S/C30H52N4O6Si2/c1-10-25(29(40-24(3)35)30(36)39-11-2)13-12-14-26-21-28(34-27(32-26)15-16-31-34)33(22-37-17-19-41(4,5)6)23-38-18-20-42(7,8)9/h15-16,21H,10-14,17-20,22-23H2,1-9H3/b29-25+. The van der Waals surface area contributed by atoms with Crippen molar-refractivity contribution in [2.24, 2.45) is 0 Å². The van der Waals surface area contributed by atoms with Crippen LogP contribution in [0.2, 0.25) is 51.4 Å². The summed E-state index contributed by atoms with van der Waals surface area (Å²) in [5.74, 6) is -0.284. The summed E-state index contributed by atoms with van der Waals surface area (Å²) in [4.78, 5) is 31.0. The highest BCUT2D eigenvalue weighted by atomic mass is 28.3. The Morgan fingerprint density at radius 1 is 0.976 bits per heavy atom. The minimum atomic E-state index is -1.22. The molecule has 0 aliphatic heterocycles. The topological polar surface area (TPSA) is 104 Å². The summed E-state index contributed by atoms with van der Waals surface area (Å²) >= 11 is 0. The van der Waals surface area contributed by atoms with E-state index < -0.39 is 28.1 Å². The number of nitrogens with zero attached hydrogens (tertiary/aromatic N) is 4. The molecule has 10 nitrogen and oxygen atoms in total. The molecular weight excluding hydrogens is 569 g/mol. The van der Waals surface area contributed by atoms with Crippen molar-refractivity contribution in [1.29, 1.82) is 0 Å². The van der Waals surface area contributed by atoms with Crippen LogP contribution >= 0.6 is 0 Å². The second kappa shape index (κ2) is 16.9. The molecule has 0 aromatic carbocycles. The van der Waals surface area contributed by atoms with Crippen LogP contribution in [0.5, 0.6) is 0 Å². The van der Waals surface area contributed by atoms with E-state index in [0.29, 0.717) is 52.4 Å². The van der Waals surface area contributed by atoms with Crippen LogP contribution < -0.4 is 4.90 Å². The highest BCUT2D eigenvalue weighted by Crippen LogP contribution is 2.23. The number of esters is 2. The van der Waals surface area contributed by atoms with Crippen molar-refractivity contribution in [3.63, 3.8) is 0 Å². The predicted molar refractivity (Wildman–Crippen MR) is 172 cm³/mol. The number of allylic oxidation sites excluding steroid dienone is 1. The Labute approximate surface area is 253 Å². The minimum absolute atomic E-state index is 0.00356. The number of anilines is 1. The first-order chi connectivity index (χ1) is 19.7. The Balaban J connectivity index is 2.26. The molecule has 2 rings (SSSR count). The number of rotatable bonds is 19. The molecule has 236 valence electrons. The van der Waals surface area contributed by atoms with Gasteiger partial charge in [0.2, 0.25) is 5.76 Å². The summed E-state index contributed by atoms with van der Waals surface area (Å²) in [6.45, 7) is 21.4. The number of hydrogen-bond donors (Lipinski definition) is 0. The van der Waals surface area contributed by atoms with Gasteiger partial charge in [-0.3, -0.25) is 4.79 Å². The molecule has 0 aliphatic rings. The van der Waals surface area contributed by atoms with Gasteiger partial charge < -0.3 is 23.8 Å². The first-order valence-electron chi connectivity index (χ1n) is 15.1. The van der Waals surface area contributed by atoms with Gasteiger partial charge in [-0.25, -0.2) is 9.78 Å². The predicted octanol–water partition coefficient (Wildman–Crippen LogP) is 6.27. The third kappa shape index (κ3) is 12.8. The molecule has 0 bridgehead atoms. The molecule has 0 saturated heterocycles. The van der Waals surface area contributed by atoms with E-state index in [1.54, 1.807) is 13.1 Å². The first-order valence-corrected chi connectivity index (χ1v) is 22.5. The zero-order chi connectivity index (χ0) is 31.3. The summed E-state index contributed by atoms with van der Waals surface area (Å²) in [7, 11) is -2.43. The Morgan fingerprint density at radius 2 is 1.60 bits per heavy atom. The maximum atomic E-state index is 12.5. The van der Waals surface area contributed by atoms with E-state index in [0.717, 1.165) is 34.8 Å². The van der Waals surface area contributed by atoms with Crippen molar-refractivity contribution in [1.82, 2.24) is 14.6 Å². The smallest absolute Gasteiger partial charge is 0.374 e. The lowest BCUT2D eigenvalue weighted by molar-refractivity contribution is -0.150. The SMILES string of the molecule is CCOC(=O)/C(OC(C)=O)=C(/CC)CCCc1cc(N(COCC[Si](C)(C)C)COCC[Si](C)(C)C)n2nccc2n1. The van der Waals surface area contributed by atoms with Gasteiger partial charge in [-0.1, -0.05) is 46.2 Å². The Hall–Kier alpha value is -2.55. The van der Waals surface area contributed by atoms with Gasteiger partial charge in [0, 0.05) is 54.1 Å². The van der Waals surface area contributed by atoms with E-state index >= 15 is 0 Å². The number of hydrogen-bond acceptors (Lipinski definition) is 9. The fraction of sp³-hybridized carbons (Fsp3) is 0.667. The van der Waals surface area contributed by atoms with Crippen LogP contribution in [0.1, 0.15) is 45.7 Å². The molecule has 12 heteroatoms. The van der Waals surface area contributed by atoms with E-state index in [1.807, 2.05) is 23.6 Å². The molecule has 0 unspecified atom stereocenters. The van der Waals surface area contributed by atoms with Crippen LogP contribution in [0, 0.1) is 0 Å². The van der Waals surface area contributed by atoms with Crippen molar-refractivity contribution in [3.8, 4) is 0 Å². The third-order valence-electron chi connectivity index (χ3n) is 6.57. The molecule has 2 aromatic rings. The molecular formula is C30H52N4O6Si2. The van der Waals surface area contributed by atoms with Gasteiger partial charge in [-0.05, 0) is 50.3 Å². The molecule has 0 saturated carbocycles. The van der Waals surface area contributed by atoms with E-state index in [-0.39, 0.29) is 12.4 Å². The summed E-state index contributed by atoms with van der Waals surface area (Å²) < 4.78 is 24.5. The van der Waals surface area contributed by atoms with E-state index in [9.17, 15) is 9.59 Å².